The lowest BCUT2D eigenvalue weighted by atomic mass is 10.0. The van der Waals surface area contributed by atoms with Crippen LogP contribution in [-0.2, 0) is 13.0 Å². The lowest BCUT2D eigenvalue weighted by Gasteiger charge is -2.29. The Labute approximate surface area is 162 Å². The van der Waals surface area contributed by atoms with Crippen LogP contribution in [0.2, 0.25) is 5.02 Å². The molecule has 27 heavy (non-hydrogen) atoms. The summed E-state index contributed by atoms with van der Waals surface area (Å²) < 4.78 is 5.29. The fourth-order valence-electron chi connectivity index (χ4n) is 3.09. The molecule has 8 heteroatoms. The summed E-state index contributed by atoms with van der Waals surface area (Å²) in [6, 6.07) is 6.67. The third kappa shape index (κ3) is 3.68. The first kappa shape index (κ1) is 19.0. The van der Waals surface area contributed by atoms with Crippen LogP contribution in [0, 0.1) is 0 Å². The van der Waals surface area contributed by atoms with E-state index in [0.717, 1.165) is 11.3 Å². The number of methoxy groups -OCH3 is 1. The number of nitrogens with zero attached hydrogens (tertiary/aromatic N) is 3. The van der Waals surface area contributed by atoms with E-state index in [-0.39, 0.29) is 17.6 Å². The third-order valence-corrected chi connectivity index (χ3v) is 4.75. The van der Waals surface area contributed by atoms with Crippen LogP contribution < -0.4 is 10.5 Å². The van der Waals surface area contributed by atoms with E-state index in [1.165, 1.54) is 12.0 Å². The Morgan fingerprint density at radius 2 is 2.00 bits per heavy atom. The molecule has 0 unspecified atom stereocenters. The standard InChI is InChI=1S/C19H21ClN4O3/c1-23(2)18(25)14-8-11-10-24(7-6-15(11)22-17(14)21)19(26)13-9-12(20)4-5-16(13)27-3/h4-5,8-9H,6-7,10H2,1-3H3,(H2,21,22). The number of nitrogen functional groups attached to an aromatic ring is 1. The Morgan fingerprint density at radius 3 is 2.67 bits per heavy atom. The number of halogens is 1. The number of carbonyl (C=O) groups excluding carboxylic acids is 2. The van der Waals surface area contributed by atoms with Crippen LogP contribution in [0.1, 0.15) is 32.0 Å². The van der Waals surface area contributed by atoms with Crippen LogP contribution in [-0.4, -0.2) is 54.3 Å². The molecule has 2 heterocycles. The molecule has 2 N–H and O–H groups in total. The lowest BCUT2D eigenvalue weighted by Crippen LogP contribution is -2.37. The van der Waals surface area contributed by atoms with Crippen LogP contribution >= 0.6 is 11.6 Å². The molecule has 0 aliphatic carbocycles. The van der Waals surface area contributed by atoms with Crippen molar-refractivity contribution in [2.75, 3.05) is 33.5 Å². The molecule has 7 nitrogen and oxygen atoms in total. The fourth-order valence-corrected chi connectivity index (χ4v) is 3.26. The van der Waals surface area contributed by atoms with Gasteiger partial charge in [0.25, 0.3) is 11.8 Å². The number of fused-ring (bicyclic) bond motifs is 1. The van der Waals surface area contributed by atoms with Gasteiger partial charge in [0, 0.05) is 44.3 Å². The van der Waals surface area contributed by atoms with Crippen molar-refractivity contribution in [1.82, 2.24) is 14.8 Å². The molecule has 0 atom stereocenters. The largest absolute Gasteiger partial charge is 0.496 e. The first-order valence-electron chi connectivity index (χ1n) is 8.44. The molecule has 1 aromatic heterocycles. The second-order valence-corrected chi connectivity index (χ2v) is 6.98. The second kappa shape index (κ2) is 7.44. The summed E-state index contributed by atoms with van der Waals surface area (Å²) in [5.41, 5.74) is 8.32. The van der Waals surface area contributed by atoms with Crippen molar-refractivity contribution in [3.05, 3.63) is 51.7 Å². The molecule has 142 valence electrons. The van der Waals surface area contributed by atoms with Gasteiger partial charge in [0.15, 0.2) is 0 Å². The maximum atomic E-state index is 13.0. The number of anilines is 1. The summed E-state index contributed by atoms with van der Waals surface area (Å²) in [5, 5.41) is 0.463. The number of amides is 2. The molecule has 0 radical (unpaired) electrons. The average molecular weight is 389 g/mol. The summed E-state index contributed by atoms with van der Waals surface area (Å²) in [7, 11) is 4.82. The van der Waals surface area contributed by atoms with Crippen molar-refractivity contribution in [3.8, 4) is 5.75 Å². The predicted molar refractivity (Wildman–Crippen MR) is 103 cm³/mol. The molecule has 0 fully saturated rings. The van der Waals surface area contributed by atoms with Crippen LogP contribution in [0.5, 0.6) is 5.75 Å². The van der Waals surface area contributed by atoms with Crippen molar-refractivity contribution in [2.24, 2.45) is 0 Å². The number of benzene rings is 1. The number of ether oxygens (including phenoxy) is 1. The number of hydrogen-bond donors (Lipinski definition) is 1. The predicted octanol–water partition coefficient (Wildman–Crippen LogP) is 2.23. The van der Waals surface area contributed by atoms with E-state index in [0.29, 0.717) is 41.4 Å². The van der Waals surface area contributed by atoms with Crippen LogP contribution in [0.25, 0.3) is 0 Å². The summed E-state index contributed by atoms with van der Waals surface area (Å²) in [6.45, 7) is 0.833. The smallest absolute Gasteiger partial charge is 0.257 e. The minimum atomic E-state index is -0.220. The quantitative estimate of drug-likeness (QED) is 0.870. The lowest BCUT2D eigenvalue weighted by molar-refractivity contribution is 0.0730. The van der Waals surface area contributed by atoms with Gasteiger partial charge in [0.2, 0.25) is 0 Å². The molecule has 0 spiro atoms. The minimum Gasteiger partial charge on any atom is -0.496 e. The van der Waals surface area contributed by atoms with Gasteiger partial charge in [-0.15, -0.1) is 0 Å². The van der Waals surface area contributed by atoms with Crippen LogP contribution in [0.3, 0.4) is 0 Å². The summed E-state index contributed by atoms with van der Waals surface area (Å²) >= 11 is 6.05. The highest BCUT2D eigenvalue weighted by Crippen LogP contribution is 2.28. The first-order chi connectivity index (χ1) is 12.8. The highest BCUT2D eigenvalue weighted by molar-refractivity contribution is 6.31. The van der Waals surface area contributed by atoms with Crippen LogP contribution in [0.15, 0.2) is 24.3 Å². The highest BCUT2D eigenvalue weighted by atomic mass is 35.5. The monoisotopic (exact) mass is 388 g/mol. The van der Waals surface area contributed by atoms with Gasteiger partial charge in [-0.3, -0.25) is 9.59 Å². The minimum absolute atomic E-state index is 0.183. The summed E-state index contributed by atoms with van der Waals surface area (Å²) in [4.78, 5) is 32.8. The zero-order valence-electron chi connectivity index (χ0n) is 15.5. The Hall–Kier alpha value is -2.80. The molecular formula is C19H21ClN4O3. The van der Waals surface area contributed by atoms with E-state index in [9.17, 15) is 9.59 Å². The Morgan fingerprint density at radius 1 is 1.26 bits per heavy atom. The van der Waals surface area contributed by atoms with Gasteiger partial charge in [0.1, 0.15) is 11.6 Å². The molecule has 1 aliphatic heterocycles. The van der Waals surface area contributed by atoms with Gasteiger partial charge < -0.3 is 20.3 Å². The van der Waals surface area contributed by atoms with E-state index in [2.05, 4.69) is 4.98 Å². The molecule has 0 saturated heterocycles. The van der Waals surface area contributed by atoms with E-state index >= 15 is 0 Å². The average Bonchev–Trinajstić information content (AvgIpc) is 2.65. The van der Waals surface area contributed by atoms with Crippen molar-refractivity contribution in [1.29, 1.82) is 0 Å². The number of rotatable bonds is 3. The number of hydrogen-bond acceptors (Lipinski definition) is 5. The number of pyridine rings is 1. The van der Waals surface area contributed by atoms with Crippen LogP contribution in [0.4, 0.5) is 5.82 Å². The SMILES string of the molecule is COc1ccc(Cl)cc1C(=O)N1CCc2nc(N)c(C(=O)N(C)C)cc2C1. The number of carbonyl (C=O) groups is 2. The van der Waals surface area contributed by atoms with E-state index < -0.39 is 0 Å². The Balaban J connectivity index is 1.92. The molecular weight excluding hydrogens is 368 g/mol. The summed E-state index contributed by atoms with van der Waals surface area (Å²) in [5.74, 6) is 0.276. The molecule has 3 rings (SSSR count). The number of nitrogens with two attached hydrogens (primary N) is 1. The van der Waals surface area contributed by atoms with Gasteiger partial charge in [0.05, 0.1) is 18.2 Å². The zero-order valence-corrected chi connectivity index (χ0v) is 16.2. The maximum Gasteiger partial charge on any atom is 0.257 e. The highest BCUT2D eigenvalue weighted by Gasteiger charge is 2.27. The molecule has 0 saturated carbocycles. The second-order valence-electron chi connectivity index (χ2n) is 6.55. The van der Waals surface area contributed by atoms with Gasteiger partial charge in [-0.2, -0.15) is 0 Å². The molecule has 2 amide bonds. The molecule has 0 bridgehead atoms. The van der Waals surface area contributed by atoms with Crippen molar-refractivity contribution in [3.63, 3.8) is 0 Å². The van der Waals surface area contributed by atoms with Crippen molar-refractivity contribution in [2.45, 2.75) is 13.0 Å². The topological polar surface area (TPSA) is 88.8 Å². The molecule has 1 aromatic carbocycles. The van der Waals surface area contributed by atoms with Gasteiger partial charge in [-0.1, -0.05) is 11.6 Å². The first-order valence-corrected chi connectivity index (χ1v) is 8.82. The maximum absolute atomic E-state index is 13.0. The van der Waals surface area contributed by atoms with E-state index in [1.807, 2.05) is 0 Å². The third-order valence-electron chi connectivity index (χ3n) is 4.52. The zero-order chi connectivity index (χ0) is 19.7. The van der Waals surface area contributed by atoms with Gasteiger partial charge in [-0.05, 0) is 29.8 Å². The van der Waals surface area contributed by atoms with E-state index in [4.69, 9.17) is 22.1 Å². The van der Waals surface area contributed by atoms with E-state index in [1.54, 1.807) is 43.3 Å². The Kier molecular flexibility index (Phi) is 5.23. The van der Waals surface area contributed by atoms with Crippen molar-refractivity contribution >= 4 is 29.2 Å². The van der Waals surface area contributed by atoms with Gasteiger partial charge in [-0.25, -0.2) is 4.98 Å². The summed E-state index contributed by atoms with van der Waals surface area (Å²) in [6.07, 6.45) is 0.560. The number of aromatic nitrogens is 1. The van der Waals surface area contributed by atoms with Gasteiger partial charge >= 0.3 is 0 Å². The fraction of sp³-hybridized carbons (Fsp3) is 0.316. The normalized spacial score (nSPS) is 13.1. The van der Waals surface area contributed by atoms with Crippen molar-refractivity contribution < 1.29 is 14.3 Å². The molecule has 1 aliphatic rings. The molecule has 2 aromatic rings. The Bertz CT molecular complexity index is 914.